The lowest BCUT2D eigenvalue weighted by molar-refractivity contribution is -0.108. The summed E-state index contributed by atoms with van der Waals surface area (Å²) in [4.78, 5) is 47.2. The number of benzene rings is 1. The van der Waals surface area contributed by atoms with Crippen LogP contribution in [0.2, 0.25) is 0 Å². The number of unbranched alkanes of at least 4 members (excludes halogenated alkanes) is 1. The first kappa shape index (κ1) is 38.5. The third-order valence-corrected chi connectivity index (χ3v) is 10.7. The minimum absolute atomic E-state index is 0.0540. The van der Waals surface area contributed by atoms with Gasteiger partial charge in [0.1, 0.15) is 29.7 Å². The molecule has 14 heteroatoms. The van der Waals surface area contributed by atoms with Crippen LogP contribution in [0.15, 0.2) is 41.5 Å². The number of pyridine rings is 1. The van der Waals surface area contributed by atoms with E-state index in [1.165, 1.54) is 23.4 Å². The molecule has 0 saturated carbocycles. The van der Waals surface area contributed by atoms with Crippen LogP contribution in [0.3, 0.4) is 0 Å². The number of carbonyl (C=O) groups is 2. The number of likely N-dealkylation sites (tertiary alicyclic amines) is 1. The van der Waals surface area contributed by atoms with E-state index in [1.54, 1.807) is 37.5 Å². The lowest BCUT2D eigenvalue weighted by Crippen LogP contribution is -2.52. The molecule has 0 bridgehead atoms. The highest BCUT2D eigenvalue weighted by molar-refractivity contribution is 7.85. The Labute approximate surface area is 300 Å². The third-order valence-electron chi connectivity index (χ3n) is 9.34. The molecule has 0 radical (unpaired) electrons. The van der Waals surface area contributed by atoms with Gasteiger partial charge in [0, 0.05) is 91.1 Å². The van der Waals surface area contributed by atoms with Gasteiger partial charge in [-0.2, -0.15) is 0 Å². The maximum absolute atomic E-state index is 15.6. The SMILES string of the molecule is C[C@@H](Nc1ncnc2c1cc(C1CCS(=O)CC1)c(=O)n2CCCOCCCC=O)c1cccc(C(F)(F)CC2CN(C(=O)OC(C)(C)C)C2)c1. The second-order valence-electron chi connectivity index (χ2n) is 14.6. The van der Waals surface area contributed by atoms with Gasteiger partial charge in [-0.15, -0.1) is 0 Å². The number of ether oxygens (including phenoxy) is 2. The number of alkyl halides is 2. The third kappa shape index (κ3) is 9.97. The van der Waals surface area contributed by atoms with Crippen molar-refractivity contribution in [3.05, 3.63) is 63.7 Å². The molecule has 2 aromatic heterocycles. The van der Waals surface area contributed by atoms with Crippen LogP contribution in [0.5, 0.6) is 0 Å². The van der Waals surface area contributed by atoms with Crippen molar-refractivity contribution in [1.82, 2.24) is 19.4 Å². The number of nitrogens with zero attached hydrogens (tertiary/aromatic N) is 4. The summed E-state index contributed by atoms with van der Waals surface area (Å²) in [5.41, 5.74) is 0.822. The van der Waals surface area contributed by atoms with E-state index in [2.05, 4.69) is 15.3 Å². The highest BCUT2D eigenvalue weighted by Crippen LogP contribution is 2.39. The molecule has 1 aromatic carbocycles. The number of hydrogen-bond donors (Lipinski definition) is 1. The molecule has 2 aliphatic rings. The van der Waals surface area contributed by atoms with Crippen molar-refractivity contribution in [2.24, 2.45) is 5.92 Å². The van der Waals surface area contributed by atoms with Crippen LogP contribution in [-0.4, -0.2) is 79.4 Å². The molecule has 0 spiro atoms. The molecular formula is C37H49F2N5O6S. The number of anilines is 1. The average molecular weight is 730 g/mol. The zero-order chi connectivity index (χ0) is 36.8. The van der Waals surface area contributed by atoms with Crippen LogP contribution in [0.1, 0.15) is 94.9 Å². The van der Waals surface area contributed by atoms with E-state index in [0.717, 1.165) is 6.29 Å². The number of aromatic nitrogens is 3. The van der Waals surface area contributed by atoms with Crippen LogP contribution in [0.4, 0.5) is 19.4 Å². The minimum Gasteiger partial charge on any atom is -0.444 e. The number of fused-ring (bicyclic) bond motifs is 1. The fourth-order valence-corrected chi connectivity index (χ4v) is 7.90. The Kier molecular flexibility index (Phi) is 12.6. The number of aldehydes is 1. The lowest BCUT2D eigenvalue weighted by Gasteiger charge is -2.41. The number of rotatable bonds is 15. The minimum atomic E-state index is -3.10. The summed E-state index contributed by atoms with van der Waals surface area (Å²) in [6.07, 6.45) is 4.29. The van der Waals surface area contributed by atoms with Crippen molar-refractivity contribution >= 4 is 40.0 Å². The van der Waals surface area contributed by atoms with Gasteiger partial charge in [-0.1, -0.05) is 18.2 Å². The number of halogens is 2. The molecule has 0 unspecified atom stereocenters. The Morgan fingerprint density at radius 2 is 1.84 bits per heavy atom. The van der Waals surface area contributed by atoms with Crippen molar-refractivity contribution < 1.29 is 32.1 Å². The standard InChI is InChI=1S/C37H49F2N5O6S/c1-25(28-9-7-10-29(19-28)37(38,39)21-26-22-43(23-26)35(47)50-36(2,3)4)42-32-31-20-30(27-11-17-51(48)18-12-27)34(46)44(33(31)41-24-40-32)13-8-16-49-15-6-5-14-45/h7,9-10,14,19-20,24-27H,5-6,8,11-13,15-18,21-23H2,1-4H3,(H,40,41,42)/t25-,27?,51?/m1/s1. The monoisotopic (exact) mass is 729 g/mol. The Hall–Kier alpha value is -3.78. The van der Waals surface area contributed by atoms with Gasteiger partial charge in [-0.25, -0.2) is 23.5 Å². The van der Waals surface area contributed by atoms with Crippen LogP contribution < -0.4 is 10.9 Å². The molecule has 2 fully saturated rings. The van der Waals surface area contributed by atoms with Crippen LogP contribution in [-0.2, 0) is 37.5 Å². The van der Waals surface area contributed by atoms with Gasteiger partial charge in [-0.05, 0) is 77.0 Å². The quantitative estimate of drug-likeness (QED) is 0.141. The summed E-state index contributed by atoms with van der Waals surface area (Å²) in [6.45, 7) is 8.85. The number of nitrogens with one attached hydrogen (secondary N) is 1. The molecule has 2 saturated heterocycles. The molecule has 1 atom stereocenters. The number of hydrogen-bond acceptors (Lipinski definition) is 9. The summed E-state index contributed by atoms with van der Waals surface area (Å²) in [7, 11) is -0.892. The predicted molar refractivity (Wildman–Crippen MR) is 193 cm³/mol. The Bertz CT molecular complexity index is 1760. The summed E-state index contributed by atoms with van der Waals surface area (Å²) in [5, 5.41) is 4.03. The first-order valence-corrected chi connectivity index (χ1v) is 19.2. The van der Waals surface area contributed by atoms with Gasteiger partial charge in [0.25, 0.3) is 11.5 Å². The van der Waals surface area contributed by atoms with Crippen LogP contribution in [0.25, 0.3) is 11.0 Å². The van der Waals surface area contributed by atoms with E-state index in [0.29, 0.717) is 91.3 Å². The van der Waals surface area contributed by atoms with Gasteiger partial charge >= 0.3 is 6.09 Å². The first-order chi connectivity index (χ1) is 24.3. The van der Waals surface area contributed by atoms with Crippen LogP contribution >= 0.6 is 0 Å². The topological polar surface area (TPSA) is 133 Å². The Morgan fingerprint density at radius 1 is 1.12 bits per heavy atom. The van der Waals surface area contributed by atoms with Crippen LogP contribution in [0, 0.1) is 5.92 Å². The molecule has 5 rings (SSSR count). The first-order valence-electron chi connectivity index (χ1n) is 17.7. The van der Waals surface area contributed by atoms with Gasteiger partial charge in [-0.3, -0.25) is 13.6 Å². The van der Waals surface area contributed by atoms with Gasteiger partial charge < -0.3 is 24.5 Å². The molecule has 3 aromatic rings. The molecule has 1 amide bonds. The number of aryl methyl sites for hydroxylation is 1. The van der Waals surface area contributed by atoms with Crippen molar-refractivity contribution in [3.8, 4) is 0 Å². The van der Waals surface area contributed by atoms with E-state index < -0.39 is 34.5 Å². The lowest BCUT2D eigenvalue weighted by atomic mass is 9.89. The van der Waals surface area contributed by atoms with Gasteiger partial charge in [0.15, 0.2) is 0 Å². The van der Waals surface area contributed by atoms with E-state index in [-0.39, 0.29) is 42.5 Å². The summed E-state index contributed by atoms with van der Waals surface area (Å²) >= 11 is 0. The van der Waals surface area contributed by atoms with Crippen molar-refractivity contribution in [2.75, 3.05) is 43.1 Å². The molecule has 51 heavy (non-hydrogen) atoms. The zero-order valence-electron chi connectivity index (χ0n) is 29.9. The molecule has 11 nitrogen and oxygen atoms in total. The fourth-order valence-electron chi connectivity index (χ4n) is 6.60. The molecule has 0 aliphatic carbocycles. The van der Waals surface area contributed by atoms with Gasteiger partial charge in [0.05, 0.1) is 5.39 Å². The number of amides is 1. The second-order valence-corrected chi connectivity index (χ2v) is 16.3. The van der Waals surface area contributed by atoms with E-state index in [4.69, 9.17) is 9.47 Å². The molecular weight excluding hydrogens is 680 g/mol. The normalized spacial score (nSPS) is 19.1. The Morgan fingerprint density at radius 3 is 2.55 bits per heavy atom. The molecule has 4 heterocycles. The van der Waals surface area contributed by atoms with Crippen molar-refractivity contribution in [2.45, 2.75) is 96.2 Å². The predicted octanol–water partition coefficient (Wildman–Crippen LogP) is 6.33. The summed E-state index contributed by atoms with van der Waals surface area (Å²) in [5.74, 6) is -1.96. The molecule has 2 aliphatic heterocycles. The zero-order valence-corrected chi connectivity index (χ0v) is 30.7. The smallest absolute Gasteiger partial charge is 0.410 e. The summed E-state index contributed by atoms with van der Waals surface area (Å²) < 4.78 is 56.0. The highest BCUT2D eigenvalue weighted by atomic mass is 32.2. The second kappa shape index (κ2) is 16.7. The maximum atomic E-state index is 15.6. The largest absolute Gasteiger partial charge is 0.444 e. The van der Waals surface area contributed by atoms with Crippen molar-refractivity contribution in [1.29, 1.82) is 0 Å². The summed E-state index contributed by atoms with van der Waals surface area (Å²) in [6, 6.07) is 7.74. The average Bonchev–Trinajstić information content (AvgIpc) is 3.06. The molecule has 1 N–H and O–H groups in total. The maximum Gasteiger partial charge on any atom is 0.410 e. The Balaban J connectivity index is 1.33. The number of carbonyl (C=O) groups excluding carboxylic acids is 2. The van der Waals surface area contributed by atoms with E-state index in [1.807, 2.05) is 13.0 Å². The van der Waals surface area contributed by atoms with Gasteiger partial charge in [0.2, 0.25) is 0 Å². The molecule has 278 valence electrons. The highest BCUT2D eigenvalue weighted by Gasteiger charge is 2.42. The fraction of sp³-hybridized carbons (Fsp3) is 0.595. The van der Waals surface area contributed by atoms with E-state index in [9.17, 15) is 18.6 Å². The van der Waals surface area contributed by atoms with E-state index >= 15 is 8.78 Å². The van der Waals surface area contributed by atoms with Crippen molar-refractivity contribution in [3.63, 3.8) is 0 Å².